The third kappa shape index (κ3) is 3.60. The number of nitrogens with zero attached hydrogens (tertiary/aromatic N) is 2. The Morgan fingerprint density at radius 3 is 2.79 bits per heavy atom. The highest BCUT2D eigenvalue weighted by Gasteiger charge is 2.12. The largest absolute Gasteiger partial charge is 0.487 e. The molecule has 2 aromatic carbocycles. The predicted molar refractivity (Wildman–Crippen MR) is 86.8 cm³/mol. The summed E-state index contributed by atoms with van der Waals surface area (Å²) in [6.45, 7) is 1.94. The Bertz CT molecular complexity index is 860. The molecule has 0 radical (unpaired) electrons. The van der Waals surface area contributed by atoms with Crippen molar-refractivity contribution in [1.82, 2.24) is 4.98 Å². The number of hydrogen-bond donors (Lipinski definition) is 1. The van der Waals surface area contributed by atoms with Crippen LogP contribution in [-0.4, -0.2) is 16.4 Å². The van der Waals surface area contributed by atoms with E-state index in [1.807, 2.05) is 30.3 Å². The molecule has 1 N–H and O–H groups in total. The Morgan fingerprint density at radius 2 is 2.04 bits per heavy atom. The normalized spacial score (nSPS) is 11.1. The molecule has 24 heavy (non-hydrogen) atoms. The Balaban J connectivity index is 1.77. The summed E-state index contributed by atoms with van der Waals surface area (Å²) in [7, 11) is 0. The molecule has 3 aromatic rings. The zero-order valence-corrected chi connectivity index (χ0v) is 12.9. The molecule has 1 aromatic heterocycles. The molecule has 0 spiro atoms. The van der Waals surface area contributed by atoms with Crippen molar-refractivity contribution in [3.05, 3.63) is 71.4 Å². The highest BCUT2D eigenvalue weighted by molar-refractivity contribution is 5.79. The number of halogens is 1. The molecule has 0 fully saturated rings. The molecule has 0 saturated carbocycles. The average molecular weight is 326 g/mol. The summed E-state index contributed by atoms with van der Waals surface area (Å²) < 4.78 is 24.8. The quantitative estimate of drug-likeness (QED) is 0.434. The van der Waals surface area contributed by atoms with Gasteiger partial charge in [0, 0.05) is 17.2 Å². The molecule has 0 aliphatic heterocycles. The third-order valence-corrected chi connectivity index (χ3v) is 3.39. The number of oxazole rings is 1. The van der Waals surface area contributed by atoms with Crippen molar-refractivity contribution < 1.29 is 18.8 Å². The van der Waals surface area contributed by atoms with Gasteiger partial charge in [-0.25, -0.2) is 9.37 Å². The molecule has 0 atom stereocenters. The van der Waals surface area contributed by atoms with E-state index < -0.39 is 5.82 Å². The lowest BCUT2D eigenvalue weighted by Crippen LogP contribution is -1.99. The van der Waals surface area contributed by atoms with Crippen molar-refractivity contribution in [2.45, 2.75) is 13.5 Å². The van der Waals surface area contributed by atoms with Gasteiger partial charge in [-0.05, 0) is 31.2 Å². The van der Waals surface area contributed by atoms with E-state index in [0.29, 0.717) is 28.7 Å². The first kappa shape index (κ1) is 15.7. The fraction of sp³-hybridized carbons (Fsp3) is 0.111. The summed E-state index contributed by atoms with van der Waals surface area (Å²) in [5.41, 5.74) is 1.91. The van der Waals surface area contributed by atoms with E-state index in [2.05, 4.69) is 10.1 Å². The molecular formula is C18H15FN2O3. The molecule has 6 heteroatoms. The van der Waals surface area contributed by atoms with Crippen molar-refractivity contribution in [2.75, 3.05) is 0 Å². The van der Waals surface area contributed by atoms with E-state index in [4.69, 9.17) is 14.4 Å². The molecular weight excluding hydrogens is 311 g/mol. The smallest absolute Gasteiger partial charge is 0.226 e. The van der Waals surface area contributed by atoms with E-state index >= 15 is 0 Å². The lowest BCUT2D eigenvalue weighted by molar-refractivity contribution is 0.298. The second-order valence-corrected chi connectivity index (χ2v) is 5.14. The van der Waals surface area contributed by atoms with Crippen molar-refractivity contribution in [1.29, 1.82) is 0 Å². The van der Waals surface area contributed by atoms with E-state index in [0.717, 1.165) is 11.8 Å². The molecule has 0 bridgehead atoms. The monoisotopic (exact) mass is 326 g/mol. The van der Waals surface area contributed by atoms with Gasteiger partial charge in [-0.3, -0.25) is 0 Å². The number of ether oxygens (including phenoxy) is 1. The van der Waals surface area contributed by atoms with Gasteiger partial charge in [0.05, 0.1) is 6.21 Å². The first-order valence-electron chi connectivity index (χ1n) is 7.28. The number of oxime groups is 1. The van der Waals surface area contributed by atoms with Gasteiger partial charge in [0.2, 0.25) is 5.89 Å². The second-order valence-electron chi connectivity index (χ2n) is 5.14. The summed E-state index contributed by atoms with van der Waals surface area (Å²) in [5, 5.41) is 11.4. The topological polar surface area (TPSA) is 67.9 Å². The summed E-state index contributed by atoms with van der Waals surface area (Å²) in [6.07, 6.45) is 1.13. The van der Waals surface area contributed by atoms with Gasteiger partial charge >= 0.3 is 0 Å². The Labute approximate surface area is 138 Å². The number of hydrogen-bond acceptors (Lipinski definition) is 5. The lowest BCUT2D eigenvalue weighted by atomic mass is 10.2. The molecule has 5 nitrogen and oxygen atoms in total. The van der Waals surface area contributed by atoms with Crippen LogP contribution in [0.15, 0.2) is 58.1 Å². The fourth-order valence-electron chi connectivity index (χ4n) is 2.23. The van der Waals surface area contributed by atoms with Crippen LogP contribution in [0.4, 0.5) is 4.39 Å². The van der Waals surface area contributed by atoms with E-state index in [1.165, 1.54) is 12.1 Å². The van der Waals surface area contributed by atoms with Crippen LogP contribution in [-0.2, 0) is 6.61 Å². The van der Waals surface area contributed by atoms with Crippen molar-refractivity contribution in [3.8, 4) is 17.2 Å². The molecule has 3 rings (SSSR count). The van der Waals surface area contributed by atoms with Gasteiger partial charge in [-0.15, -0.1) is 0 Å². The van der Waals surface area contributed by atoms with Gasteiger partial charge in [-0.1, -0.05) is 23.4 Å². The van der Waals surface area contributed by atoms with Gasteiger partial charge in [0.1, 0.15) is 29.6 Å². The summed E-state index contributed by atoms with van der Waals surface area (Å²) in [4.78, 5) is 4.42. The first-order chi connectivity index (χ1) is 11.7. The SMILES string of the molecule is Cc1oc(-c2ccccc2)nc1COc1cc(F)cc(/C=N/O)c1. The van der Waals surface area contributed by atoms with Gasteiger partial charge in [-0.2, -0.15) is 0 Å². The Hall–Kier alpha value is -3.15. The van der Waals surface area contributed by atoms with Crippen LogP contribution in [0, 0.1) is 12.7 Å². The summed E-state index contributed by atoms with van der Waals surface area (Å²) in [6, 6.07) is 13.6. The highest BCUT2D eigenvalue weighted by atomic mass is 19.1. The number of rotatable bonds is 5. The van der Waals surface area contributed by atoms with Crippen molar-refractivity contribution in [3.63, 3.8) is 0 Å². The standard InChI is InChI=1S/C18H15FN2O3/c1-12-17(21-18(24-12)14-5-3-2-4-6-14)11-23-16-8-13(10-20-22)7-15(19)9-16/h2-10,22H,11H2,1H3/b20-10+. The van der Waals surface area contributed by atoms with Gasteiger partial charge < -0.3 is 14.4 Å². The minimum atomic E-state index is -0.482. The van der Waals surface area contributed by atoms with Crippen LogP contribution in [0.5, 0.6) is 5.75 Å². The van der Waals surface area contributed by atoms with Crippen LogP contribution in [0.25, 0.3) is 11.5 Å². The average Bonchev–Trinajstić information content (AvgIpc) is 2.95. The number of aryl methyl sites for hydroxylation is 1. The predicted octanol–water partition coefficient (Wildman–Crippen LogP) is 4.18. The number of aromatic nitrogens is 1. The zero-order valence-electron chi connectivity index (χ0n) is 12.9. The lowest BCUT2D eigenvalue weighted by Gasteiger charge is -2.05. The van der Waals surface area contributed by atoms with E-state index in [9.17, 15) is 4.39 Å². The van der Waals surface area contributed by atoms with E-state index in [-0.39, 0.29) is 6.61 Å². The van der Waals surface area contributed by atoms with Crippen LogP contribution < -0.4 is 4.74 Å². The molecule has 0 aliphatic carbocycles. The van der Waals surface area contributed by atoms with Crippen molar-refractivity contribution in [2.24, 2.45) is 5.16 Å². The van der Waals surface area contributed by atoms with Crippen molar-refractivity contribution >= 4 is 6.21 Å². The minimum Gasteiger partial charge on any atom is -0.487 e. The Morgan fingerprint density at radius 1 is 1.25 bits per heavy atom. The molecule has 122 valence electrons. The Kier molecular flexibility index (Phi) is 4.56. The minimum absolute atomic E-state index is 0.140. The highest BCUT2D eigenvalue weighted by Crippen LogP contribution is 2.23. The maximum atomic E-state index is 13.5. The second kappa shape index (κ2) is 6.95. The molecule has 0 unspecified atom stereocenters. The third-order valence-electron chi connectivity index (χ3n) is 3.39. The summed E-state index contributed by atoms with van der Waals surface area (Å²) >= 11 is 0. The number of benzene rings is 2. The summed E-state index contributed by atoms with van der Waals surface area (Å²) in [5.74, 6) is 0.985. The van der Waals surface area contributed by atoms with Crippen LogP contribution in [0.2, 0.25) is 0 Å². The van der Waals surface area contributed by atoms with Gasteiger partial charge in [0.25, 0.3) is 0 Å². The molecule has 0 saturated heterocycles. The maximum Gasteiger partial charge on any atom is 0.226 e. The first-order valence-corrected chi connectivity index (χ1v) is 7.28. The maximum absolute atomic E-state index is 13.5. The van der Waals surface area contributed by atoms with Crippen LogP contribution in [0.1, 0.15) is 17.0 Å². The molecule has 0 aliphatic rings. The van der Waals surface area contributed by atoms with Gasteiger partial charge in [0.15, 0.2) is 0 Å². The van der Waals surface area contributed by atoms with Crippen LogP contribution in [0.3, 0.4) is 0 Å². The van der Waals surface area contributed by atoms with E-state index in [1.54, 1.807) is 13.0 Å². The molecule has 0 amide bonds. The van der Waals surface area contributed by atoms with Crippen LogP contribution >= 0.6 is 0 Å². The zero-order chi connectivity index (χ0) is 16.9. The fourth-order valence-corrected chi connectivity index (χ4v) is 2.23. The molecule has 1 heterocycles.